The normalized spacial score (nSPS) is 15.1. The maximum Gasteiger partial charge on any atom is 0.261 e. The smallest absolute Gasteiger partial charge is 0.261 e. The number of pyridine rings is 1. The predicted molar refractivity (Wildman–Crippen MR) is 90.6 cm³/mol. The molecule has 0 fully saturated rings. The molecule has 2 heterocycles. The van der Waals surface area contributed by atoms with Crippen molar-refractivity contribution < 1.29 is 4.74 Å². The molecular formula is C19H16N2O2. The van der Waals surface area contributed by atoms with E-state index in [1.165, 1.54) is 0 Å². The van der Waals surface area contributed by atoms with Crippen molar-refractivity contribution >= 4 is 17.3 Å². The van der Waals surface area contributed by atoms with Gasteiger partial charge >= 0.3 is 0 Å². The first-order chi connectivity index (χ1) is 11.3. The van der Waals surface area contributed by atoms with Crippen LogP contribution in [0, 0.1) is 0 Å². The number of nitrogens with zero attached hydrogens (tertiary/aromatic N) is 2. The quantitative estimate of drug-likeness (QED) is 0.730. The maximum atomic E-state index is 12.7. The standard InChI is InChI=1S/C19H16N2O2/c1-23-16-8-5-11-21-18(16)20-17-14(9-10-15(17)19(21)22)12-13-6-3-2-4-7-13/h2-8,11-12H,9-10H2,1H3/b14-12-. The summed E-state index contributed by atoms with van der Waals surface area (Å²) in [6.07, 6.45) is 5.43. The van der Waals surface area contributed by atoms with E-state index in [1.54, 1.807) is 23.8 Å². The summed E-state index contributed by atoms with van der Waals surface area (Å²) in [5.41, 5.74) is 4.40. The van der Waals surface area contributed by atoms with Gasteiger partial charge in [0, 0.05) is 11.8 Å². The van der Waals surface area contributed by atoms with E-state index in [-0.39, 0.29) is 5.56 Å². The van der Waals surface area contributed by atoms with Crippen molar-refractivity contribution in [3.05, 3.63) is 75.8 Å². The minimum Gasteiger partial charge on any atom is -0.493 e. The zero-order valence-electron chi connectivity index (χ0n) is 12.8. The molecule has 1 aliphatic rings. The number of benzene rings is 1. The van der Waals surface area contributed by atoms with Gasteiger partial charge in [0.2, 0.25) is 0 Å². The highest BCUT2D eigenvalue weighted by atomic mass is 16.5. The summed E-state index contributed by atoms with van der Waals surface area (Å²) in [4.78, 5) is 17.5. The Balaban J connectivity index is 1.95. The van der Waals surface area contributed by atoms with E-state index >= 15 is 0 Å². The fraction of sp³-hybridized carbons (Fsp3) is 0.158. The molecule has 2 aromatic heterocycles. The number of methoxy groups -OCH3 is 1. The molecule has 0 radical (unpaired) electrons. The molecule has 0 spiro atoms. The van der Waals surface area contributed by atoms with Crippen LogP contribution < -0.4 is 10.3 Å². The van der Waals surface area contributed by atoms with Crippen LogP contribution in [-0.4, -0.2) is 16.5 Å². The van der Waals surface area contributed by atoms with Crippen molar-refractivity contribution in [1.82, 2.24) is 9.38 Å². The minimum absolute atomic E-state index is 0.000335. The molecule has 1 aromatic carbocycles. The van der Waals surface area contributed by atoms with Crippen LogP contribution in [0.15, 0.2) is 53.5 Å². The molecular weight excluding hydrogens is 288 g/mol. The molecule has 0 bridgehead atoms. The van der Waals surface area contributed by atoms with Crippen LogP contribution in [-0.2, 0) is 6.42 Å². The highest BCUT2D eigenvalue weighted by Gasteiger charge is 2.23. The summed E-state index contributed by atoms with van der Waals surface area (Å²) in [5.74, 6) is 0.610. The van der Waals surface area contributed by atoms with Crippen molar-refractivity contribution in [2.45, 2.75) is 12.8 Å². The lowest BCUT2D eigenvalue weighted by molar-refractivity contribution is 0.416. The first-order valence-corrected chi connectivity index (χ1v) is 7.62. The minimum atomic E-state index is 0.000335. The summed E-state index contributed by atoms with van der Waals surface area (Å²) >= 11 is 0. The highest BCUT2D eigenvalue weighted by Crippen LogP contribution is 2.31. The van der Waals surface area contributed by atoms with Gasteiger partial charge < -0.3 is 4.74 Å². The Morgan fingerprint density at radius 2 is 1.96 bits per heavy atom. The fourth-order valence-electron chi connectivity index (χ4n) is 3.09. The van der Waals surface area contributed by atoms with Crippen molar-refractivity contribution in [2.24, 2.45) is 0 Å². The Labute approximate surface area is 133 Å². The van der Waals surface area contributed by atoms with Gasteiger partial charge in [-0.2, -0.15) is 0 Å². The molecule has 4 nitrogen and oxygen atoms in total. The summed E-state index contributed by atoms with van der Waals surface area (Å²) in [5, 5.41) is 0. The van der Waals surface area contributed by atoms with Gasteiger partial charge in [-0.05, 0) is 42.2 Å². The van der Waals surface area contributed by atoms with E-state index in [0.29, 0.717) is 11.4 Å². The zero-order chi connectivity index (χ0) is 15.8. The van der Waals surface area contributed by atoms with Crippen LogP contribution in [0.25, 0.3) is 17.3 Å². The topological polar surface area (TPSA) is 43.6 Å². The number of hydrogen-bond acceptors (Lipinski definition) is 3. The molecule has 0 atom stereocenters. The van der Waals surface area contributed by atoms with Gasteiger partial charge in [-0.15, -0.1) is 0 Å². The summed E-state index contributed by atoms with van der Waals surface area (Å²) in [7, 11) is 1.59. The maximum absolute atomic E-state index is 12.7. The van der Waals surface area contributed by atoms with Crippen molar-refractivity contribution in [1.29, 1.82) is 0 Å². The van der Waals surface area contributed by atoms with E-state index in [2.05, 4.69) is 18.2 Å². The van der Waals surface area contributed by atoms with Gasteiger partial charge in [-0.25, -0.2) is 4.98 Å². The van der Waals surface area contributed by atoms with Crippen LogP contribution in [0.1, 0.15) is 23.2 Å². The lowest BCUT2D eigenvalue weighted by atomic mass is 10.1. The van der Waals surface area contributed by atoms with Gasteiger partial charge in [0.25, 0.3) is 5.56 Å². The van der Waals surface area contributed by atoms with Crippen LogP contribution in [0.4, 0.5) is 0 Å². The van der Waals surface area contributed by atoms with Gasteiger partial charge in [-0.3, -0.25) is 9.20 Å². The average molecular weight is 304 g/mol. The van der Waals surface area contributed by atoms with Gasteiger partial charge in [-0.1, -0.05) is 30.3 Å². The molecule has 0 amide bonds. The first kappa shape index (κ1) is 13.8. The lowest BCUT2D eigenvalue weighted by Crippen LogP contribution is -2.20. The summed E-state index contributed by atoms with van der Waals surface area (Å²) in [6.45, 7) is 0. The molecule has 0 unspecified atom stereocenters. The third kappa shape index (κ3) is 2.23. The predicted octanol–water partition coefficient (Wildman–Crippen LogP) is 3.19. The highest BCUT2D eigenvalue weighted by molar-refractivity contribution is 5.84. The van der Waals surface area contributed by atoms with E-state index in [1.807, 2.05) is 24.3 Å². The van der Waals surface area contributed by atoms with Gasteiger partial charge in [0.15, 0.2) is 11.4 Å². The molecule has 4 heteroatoms. The van der Waals surface area contributed by atoms with Gasteiger partial charge in [0.1, 0.15) is 0 Å². The van der Waals surface area contributed by atoms with Gasteiger partial charge in [0.05, 0.1) is 12.8 Å². The Bertz CT molecular complexity index is 972. The number of rotatable bonds is 2. The van der Waals surface area contributed by atoms with Crippen molar-refractivity contribution in [3.8, 4) is 5.75 Å². The lowest BCUT2D eigenvalue weighted by Gasteiger charge is -2.08. The summed E-state index contributed by atoms with van der Waals surface area (Å²) < 4.78 is 6.93. The van der Waals surface area contributed by atoms with Crippen molar-refractivity contribution in [3.63, 3.8) is 0 Å². The van der Waals surface area contributed by atoms with Crippen LogP contribution in [0.5, 0.6) is 5.75 Å². The molecule has 0 N–H and O–H groups in total. The Morgan fingerprint density at radius 3 is 2.74 bits per heavy atom. The third-order valence-corrected chi connectivity index (χ3v) is 4.22. The first-order valence-electron chi connectivity index (χ1n) is 7.62. The van der Waals surface area contributed by atoms with E-state index in [9.17, 15) is 4.79 Å². The third-order valence-electron chi connectivity index (χ3n) is 4.22. The van der Waals surface area contributed by atoms with Crippen molar-refractivity contribution in [2.75, 3.05) is 7.11 Å². The molecule has 0 aliphatic heterocycles. The number of ether oxygens (including phenoxy) is 1. The van der Waals surface area contributed by atoms with Crippen LogP contribution >= 0.6 is 0 Å². The molecule has 0 saturated carbocycles. The molecule has 1 aliphatic carbocycles. The largest absolute Gasteiger partial charge is 0.493 e. The molecule has 0 saturated heterocycles. The summed E-state index contributed by atoms with van der Waals surface area (Å²) in [6, 6.07) is 13.7. The second-order valence-corrected chi connectivity index (χ2v) is 5.59. The Morgan fingerprint density at radius 1 is 1.13 bits per heavy atom. The molecule has 114 valence electrons. The fourth-order valence-corrected chi connectivity index (χ4v) is 3.09. The number of hydrogen-bond donors (Lipinski definition) is 0. The molecule has 23 heavy (non-hydrogen) atoms. The van der Waals surface area contributed by atoms with E-state index in [0.717, 1.165) is 35.2 Å². The Hall–Kier alpha value is -2.88. The van der Waals surface area contributed by atoms with Crippen LogP contribution in [0.2, 0.25) is 0 Å². The second kappa shape index (κ2) is 5.39. The second-order valence-electron chi connectivity index (χ2n) is 5.59. The monoisotopic (exact) mass is 304 g/mol. The molecule has 4 rings (SSSR count). The van der Waals surface area contributed by atoms with Crippen LogP contribution in [0.3, 0.4) is 0 Å². The van der Waals surface area contributed by atoms with E-state index < -0.39 is 0 Å². The Kier molecular flexibility index (Phi) is 3.23. The zero-order valence-corrected chi connectivity index (χ0v) is 12.8. The number of allylic oxidation sites excluding steroid dienone is 1. The number of aromatic nitrogens is 2. The number of fused-ring (bicyclic) bond motifs is 2. The SMILES string of the molecule is COc1cccn2c(=O)c3c(nc12)/C(=C\c1ccccc1)CC3. The van der Waals surface area contributed by atoms with E-state index in [4.69, 9.17) is 9.72 Å². The molecule has 3 aromatic rings. The average Bonchev–Trinajstić information content (AvgIpc) is 2.99.